The number of hydrogen-bond donors (Lipinski definition) is 2. The first kappa shape index (κ1) is 19.1. The third kappa shape index (κ3) is 12.2. The lowest BCUT2D eigenvalue weighted by atomic mass is 10.5. The lowest BCUT2D eigenvalue weighted by Crippen LogP contribution is -2.41. The maximum absolute atomic E-state index is 7.49. The van der Waals surface area contributed by atoms with Crippen molar-refractivity contribution < 1.29 is 18.9 Å². The Kier molecular flexibility index (Phi) is 13.9. The fourth-order valence-corrected chi connectivity index (χ4v) is 1.43. The SMILES string of the molecule is CCOCCOCCN(CCOCCOCC)C(=N)N. The van der Waals surface area contributed by atoms with E-state index in [1.54, 1.807) is 4.90 Å². The third-order valence-electron chi connectivity index (χ3n) is 2.50. The van der Waals surface area contributed by atoms with Gasteiger partial charge < -0.3 is 29.6 Å². The zero-order valence-electron chi connectivity index (χ0n) is 12.7. The first-order valence-electron chi connectivity index (χ1n) is 7.12. The Morgan fingerprint density at radius 2 is 1.20 bits per heavy atom. The van der Waals surface area contributed by atoms with Crippen LogP contribution in [0.15, 0.2) is 0 Å². The monoisotopic (exact) mass is 291 g/mol. The Morgan fingerprint density at radius 1 is 0.800 bits per heavy atom. The van der Waals surface area contributed by atoms with E-state index in [0.29, 0.717) is 65.9 Å². The Balaban J connectivity index is 3.53. The second kappa shape index (κ2) is 14.5. The van der Waals surface area contributed by atoms with E-state index in [-0.39, 0.29) is 5.96 Å². The van der Waals surface area contributed by atoms with Crippen LogP contribution in [0, 0.1) is 5.41 Å². The molecule has 0 fully saturated rings. The minimum atomic E-state index is 0.0341. The molecule has 0 aromatic carbocycles. The summed E-state index contributed by atoms with van der Waals surface area (Å²) in [6.45, 7) is 9.79. The van der Waals surface area contributed by atoms with Gasteiger partial charge in [0.05, 0.1) is 39.6 Å². The summed E-state index contributed by atoms with van der Waals surface area (Å²) in [5.74, 6) is 0.0341. The van der Waals surface area contributed by atoms with Crippen LogP contribution in [0.5, 0.6) is 0 Å². The van der Waals surface area contributed by atoms with E-state index in [0.717, 1.165) is 0 Å². The second-order valence-electron chi connectivity index (χ2n) is 3.99. The Hall–Kier alpha value is -0.890. The smallest absolute Gasteiger partial charge is 0.188 e. The second-order valence-corrected chi connectivity index (χ2v) is 3.99. The quantitative estimate of drug-likeness (QED) is 0.271. The van der Waals surface area contributed by atoms with Crippen LogP contribution in [0.4, 0.5) is 0 Å². The molecule has 0 spiro atoms. The predicted molar refractivity (Wildman–Crippen MR) is 78.1 cm³/mol. The van der Waals surface area contributed by atoms with Crippen LogP contribution in [0.1, 0.15) is 13.8 Å². The van der Waals surface area contributed by atoms with Gasteiger partial charge in [0.15, 0.2) is 5.96 Å². The molecule has 20 heavy (non-hydrogen) atoms. The minimum Gasteiger partial charge on any atom is -0.379 e. The van der Waals surface area contributed by atoms with Crippen LogP contribution in [-0.2, 0) is 18.9 Å². The molecule has 0 aromatic heterocycles. The van der Waals surface area contributed by atoms with Crippen LogP contribution in [0.25, 0.3) is 0 Å². The molecule has 7 heteroatoms. The Bertz CT molecular complexity index is 214. The number of ether oxygens (including phenoxy) is 4. The number of nitrogens with one attached hydrogen (secondary N) is 1. The molecule has 7 nitrogen and oxygen atoms in total. The molecule has 0 saturated heterocycles. The Morgan fingerprint density at radius 3 is 1.55 bits per heavy atom. The zero-order valence-corrected chi connectivity index (χ0v) is 12.7. The van der Waals surface area contributed by atoms with E-state index in [1.807, 2.05) is 13.8 Å². The molecule has 0 unspecified atom stereocenters. The van der Waals surface area contributed by atoms with Gasteiger partial charge in [-0.2, -0.15) is 0 Å². The van der Waals surface area contributed by atoms with E-state index < -0.39 is 0 Å². The molecular formula is C13H29N3O4. The molecule has 0 heterocycles. The van der Waals surface area contributed by atoms with Crippen LogP contribution in [-0.4, -0.2) is 76.8 Å². The maximum Gasteiger partial charge on any atom is 0.188 e. The summed E-state index contributed by atoms with van der Waals surface area (Å²) in [6.07, 6.45) is 0. The van der Waals surface area contributed by atoms with Gasteiger partial charge in [-0.25, -0.2) is 0 Å². The van der Waals surface area contributed by atoms with E-state index in [4.69, 9.17) is 30.1 Å². The van der Waals surface area contributed by atoms with Crippen molar-refractivity contribution in [2.24, 2.45) is 5.73 Å². The normalized spacial score (nSPS) is 10.7. The first-order chi connectivity index (χ1) is 9.72. The molecule has 0 amide bonds. The first-order valence-corrected chi connectivity index (χ1v) is 7.12. The molecule has 3 N–H and O–H groups in total. The minimum absolute atomic E-state index is 0.0341. The highest BCUT2D eigenvalue weighted by molar-refractivity contribution is 5.74. The lowest BCUT2D eigenvalue weighted by molar-refractivity contribution is 0.0368. The molecule has 120 valence electrons. The summed E-state index contributed by atoms with van der Waals surface area (Å²) in [6, 6.07) is 0. The van der Waals surface area contributed by atoms with Gasteiger partial charge >= 0.3 is 0 Å². The van der Waals surface area contributed by atoms with Crippen molar-refractivity contribution in [3.8, 4) is 0 Å². The Labute approximate surface area is 121 Å². The van der Waals surface area contributed by atoms with Gasteiger partial charge in [0.1, 0.15) is 0 Å². The van der Waals surface area contributed by atoms with Gasteiger partial charge in [-0.15, -0.1) is 0 Å². The molecule has 0 aromatic rings. The number of hydrogen-bond acceptors (Lipinski definition) is 5. The van der Waals surface area contributed by atoms with Crippen LogP contribution in [0.2, 0.25) is 0 Å². The average molecular weight is 291 g/mol. The standard InChI is InChI=1S/C13H29N3O4/c1-3-17-9-11-19-7-5-16(13(14)15)6-8-20-12-10-18-4-2/h3-12H2,1-2H3,(H3,14,15). The molecular weight excluding hydrogens is 262 g/mol. The van der Waals surface area contributed by atoms with E-state index in [9.17, 15) is 0 Å². The molecule has 0 atom stereocenters. The van der Waals surface area contributed by atoms with Crippen LogP contribution < -0.4 is 5.73 Å². The zero-order chi connectivity index (χ0) is 15.1. The molecule has 0 saturated carbocycles. The van der Waals surface area contributed by atoms with E-state index in [1.165, 1.54) is 0 Å². The van der Waals surface area contributed by atoms with E-state index in [2.05, 4.69) is 0 Å². The predicted octanol–water partition coefficient (Wildman–Crippen LogP) is 0.288. The van der Waals surface area contributed by atoms with Crippen LogP contribution >= 0.6 is 0 Å². The number of rotatable bonds is 14. The van der Waals surface area contributed by atoms with Crippen molar-refractivity contribution in [1.29, 1.82) is 5.41 Å². The molecule has 0 aliphatic carbocycles. The van der Waals surface area contributed by atoms with Crippen molar-refractivity contribution in [2.45, 2.75) is 13.8 Å². The number of guanidine groups is 1. The highest BCUT2D eigenvalue weighted by Crippen LogP contribution is 1.90. The number of nitrogens with two attached hydrogens (primary N) is 1. The number of nitrogens with zero attached hydrogens (tertiary/aromatic N) is 1. The van der Waals surface area contributed by atoms with Gasteiger partial charge in [-0.05, 0) is 13.8 Å². The van der Waals surface area contributed by atoms with Crippen molar-refractivity contribution >= 4 is 5.96 Å². The maximum atomic E-state index is 7.49. The highest BCUT2D eigenvalue weighted by Gasteiger charge is 2.06. The van der Waals surface area contributed by atoms with Crippen molar-refractivity contribution in [3.63, 3.8) is 0 Å². The third-order valence-corrected chi connectivity index (χ3v) is 2.50. The topological polar surface area (TPSA) is 90.0 Å². The summed E-state index contributed by atoms with van der Waals surface area (Å²) in [4.78, 5) is 1.72. The molecule has 0 radical (unpaired) electrons. The van der Waals surface area contributed by atoms with Crippen molar-refractivity contribution in [3.05, 3.63) is 0 Å². The summed E-state index contributed by atoms with van der Waals surface area (Å²) in [7, 11) is 0. The molecule has 0 bridgehead atoms. The summed E-state index contributed by atoms with van der Waals surface area (Å²) < 4.78 is 21.1. The fourth-order valence-electron chi connectivity index (χ4n) is 1.43. The lowest BCUT2D eigenvalue weighted by Gasteiger charge is -2.22. The highest BCUT2D eigenvalue weighted by atomic mass is 16.5. The van der Waals surface area contributed by atoms with E-state index >= 15 is 0 Å². The summed E-state index contributed by atoms with van der Waals surface area (Å²) >= 11 is 0. The largest absolute Gasteiger partial charge is 0.379 e. The van der Waals surface area contributed by atoms with Crippen LogP contribution in [0.3, 0.4) is 0 Å². The van der Waals surface area contributed by atoms with Gasteiger partial charge in [-0.3, -0.25) is 5.41 Å². The summed E-state index contributed by atoms with van der Waals surface area (Å²) in [5, 5.41) is 7.49. The molecule has 0 aliphatic heterocycles. The van der Waals surface area contributed by atoms with Gasteiger partial charge in [0, 0.05) is 26.3 Å². The van der Waals surface area contributed by atoms with Crippen molar-refractivity contribution in [2.75, 3.05) is 65.9 Å². The van der Waals surface area contributed by atoms with Gasteiger partial charge in [0.2, 0.25) is 0 Å². The molecule has 0 aliphatic rings. The van der Waals surface area contributed by atoms with Gasteiger partial charge in [0.25, 0.3) is 0 Å². The van der Waals surface area contributed by atoms with Gasteiger partial charge in [-0.1, -0.05) is 0 Å². The molecule has 0 rings (SSSR count). The summed E-state index contributed by atoms with van der Waals surface area (Å²) in [5.41, 5.74) is 5.51. The average Bonchev–Trinajstić information content (AvgIpc) is 2.43. The van der Waals surface area contributed by atoms with Crippen molar-refractivity contribution in [1.82, 2.24) is 4.90 Å². The fraction of sp³-hybridized carbons (Fsp3) is 0.923.